The van der Waals surface area contributed by atoms with Crippen LogP contribution in [-0.2, 0) is 11.3 Å². The van der Waals surface area contributed by atoms with Crippen LogP contribution in [-0.4, -0.2) is 30.8 Å². The first-order valence-corrected chi connectivity index (χ1v) is 6.28. The van der Waals surface area contributed by atoms with Gasteiger partial charge in [-0.2, -0.15) is 4.98 Å². The van der Waals surface area contributed by atoms with Gasteiger partial charge in [0.05, 0.1) is 18.9 Å². The number of ether oxygens (including phenoxy) is 2. The van der Waals surface area contributed by atoms with Gasteiger partial charge in [0.2, 0.25) is 0 Å². The molecule has 17 heavy (non-hydrogen) atoms. The molecule has 2 heterocycles. The molecule has 1 unspecified atom stereocenters. The minimum Gasteiger partial charge on any atom is -0.450 e. The van der Waals surface area contributed by atoms with E-state index in [0.717, 1.165) is 31.9 Å². The lowest BCUT2D eigenvalue weighted by Gasteiger charge is -2.05. The van der Waals surface area contributed by atoms with E-state index in [1.54, 1.807) is 6.26 Å². The Balaban J connectivity index is 1.42. The van der Waals surface area contributed by atoms with E-state index < -0.39 is 0 Å². The van der Waals surface area contributed by atoms with E-state index >= 15 is 0 Å². The summed E-state index contributed by atoms with van der Waals surface area (Å²) in [5.74, 6) is 0.481. The van der Waals surface area contributed by atoms with Crippen molar-refractivity contribution in [2.24, 2.45) is 5.92 Å². The summed E-state index contributed by atoms with van der Waals surface area (Å²) >= 11 is 0. The number of rotatable bonds is 6. The molecule has 0 amide bonds. The van der Waals surface area contributed by atoms with Crippen molar-refractivity contribution in [3.63, 3.8) is 0 Å². The minimum absolute atomic E-state index is 0.379. The first-order chi connectivity index (χ1) is 8.40. The van der Waals surface area contributed by atoms with Crippen LogP contribution in [0.25, 0.3) is 0 Å². The Morgan fingerprint density at radius 3 is 3.12 bits per heavy atom. The van der Waals surface area contributed by atoms with Crippen LogP contribution < -0.4 is 10.1 Å². The Bertz CT molecular complexity index is 356. The van der Waals surface area contributed by atoms with Crippen LogP contribution in [0.4, 0.5) is 0 Å². The van der Waals surface area contributed by atoms with Crippen LogP contribution in [0.15, 0.2) is 10.7 Å². The lowest BCUT2D eigenvalue weighted by atomic mass is 10.1. The molecule has 0 bridgehead atoms. The van der Waals surface area contributed by atoms with Crippen molar-refractivity contribution < 1.29 is 13.9 Å². The maximum absolute atomic E-state index is 5.51. The molecule has 2 fully saturated rings. The molecule has 0 aromatic carbocycles. The van der Waals surface area contributed by atoms with Gasteiger partial charge in [-0.05, 0) is 19.3 Å². The normalized spacial score (nSPS) is 24.1. The van der Waals surface area contributed by atoms with E-state index in [9.17, 15) is 0 Å². The molecule has 1 N–H and O–H groups in total. The van der Waals surface area contributed by atoms with E-state index in [1.807, 2.05) is 0 Å². The third-order valence-electron chi connectivity index (χ3n) is 3.15. The fraction of sp³-hybridized carbons (Fsp3) is 0.750. The smallest absolute Gasteiger partial charge is 0.393 e. The van der Waals surface area contributed by atoms with E-state index in [1.165, 1.54) is 12.8 Å². The van der Waals surface area contributed by atoms with Crippen molar-refractivity contribution in [2.75, 3.05) is 19.8 Å². The number of nitrogens with one attached hydrogen (secondary N) is 1. The first-order valence-electron chi connectivity index (χ1n) is 6.28. The number of hydrogen-bond donors (Lipinski definition) is 1. The highest BCUT2D eigenvalue weighted by Gasteiger charge is 2.21. The van der Waals surface area contributed by atoms with Crippen LogP contribution in [0.5, 0.6) is 6.08 Å². The highest BCUT2D eigenvalue weighted by molar-refractivity contribution is 5.00. The summed E-state index contributed by atoms with van der Waals surface area (Å²) < 4.78 is 16.1. The zero-order chi connectivity index (χ0) is 11.5. The van der Waals surface area contributed by atoms with Crippen molar-refractivity contribution >= 4 is 0 Å². The Morgan fingerprint density at radius 2 is 2.35 bits per heavy atom. The summed E-state index contributed by atoms with van der Waals surface area (Å²) in [6.07, 6.45) is 5.67. The van der Waals surface area contributed by atoms with E-state index in [0.29, 0.717) is 24.6 Å². The molecule has 3 rings (SSSR count). The van der Waals surface area contributed by atoms with Gasteiger partial charge in [0.1, 0.15) is 6.26 Å². The molecule has 2 aliphatic rings. The molecule has 1 saturated carbocycles. The van der Waals surface area contributed by atoms with Gasteiger partial charge in [-0.25, -0.2) is 0 Å². The number of oxazole rings is 1. The molecular weight excluding hydrogens is 220 g/mol. The van der Waals surface area contributed by atoms with Gasteiger partial charge in [-0.3, -0.25) is 0 Å². The standard InChI is InChI=1S/C12H18N2O3/c1-2-10(1)13-5-11-8-17-12(14-11)16-7-9-3-4-15-6-9/h8-10,13H,1-7H2. The molecule has 1 atom stereocenters. The Morgan fingerprint density at radius 1 is 1.41 bits per heavy atom. The number of nitrogens with zero attached hydrogens (tertiary/aromatic N) is 1. The van der Waals surface area contributed by atoms with E-state index in [-0.39, 0.29) is 0 Å². The van der Waals surface area contributed by atoms with Crippen molar-refractivity contribution in [1.82, 2.24) is 10.3 Å². The third kappa shape index (κ3) is 3.20. The minimum atomic E-state index is 0.379. The molecule has 0 radical (unpaired) electrons. The van der Waals surface area contributed by atoms with Gasteiger partial charge in [-0.1, -0.05) is 0 Å². The second-order valence-corrected chi connectivity index (χ2v) is 4.80. The zero-order valence-corrected chi connectivity index (χ0v) is 9.85. The summed E-state index contributed by atoms with van der Waals surface area (Å²) in [5.41, 5.74) is 0.912. The fourth-order valence-corrected chi connectivity index (χ4v) is 1.88. The Hall–Kier alpha value is -1.07. The second kappa shape index (κ2) is 5.06. The van der Waals surface area contributed by atoms with Crippen molar-refractivity contribution in [2.45, 2.75) is 31.8 Å². The molecular formula is C12H18N2O3. The predicted octanol–water partition coefficient (Wildman–Crippen LogP) is 1.34. The maximum atomic E-state index is 5.51. The van der Waals surface area contributed by atoms with Crippen LogP contribution in [0.3, 0.4) is 0 Å². The Kier molecular flexibility index (Phi) is 3.29. The monoisotopic (exact) mass is 238 g/mol. The van der Waals surface area contributed by atoms with Crippen molar-refractivity contribution in [1.29, 1.82) is 0 Å². The molecule has 1 aromatic rings. The van der Waals surface area contributed by atoms with Gasteiger partial charge >= 0.3 is 6.08 Å². The average Bonchev–Trinajstić information content (AvgIpc) is 2.86. The molecule has 1 aliphatic carbocycles. The topological polar surface area (TPSA) is 56.5 Å². The summed E-state index contributed by atoms with van der Waals surface area (Å²) in [6.45, 7) is 3.03. The average molecular weight is 238 g/mol. The van der Waals surface area contributed by atoms with Crippen molar-refractivity contribution in [3.8, 4) is 6.08 Å². The lowest BCUT2D eigenvalue weighted by Crippen LogP contribution is -2.15. The fourth-order valence-electron chi connectivity index (χ4n) is 1.88. The molecule has 1 aliphatic heterocycles. The first kappa shape index (κ1) is 11.0. The Labute approximate surface area is 100 Å². The van der Waals surface area contributed by atoms with Crippen molar-refractivity contribution in [3.05, 3.63) is 12.0 Å². The van der Waals surface area contributed by atoms with E-state index in [4.69, 9.17) is 13.9 Å². The maximum Gasteiger partial charge on any atom is 0.393 e. The molecule has 5 heteroatoms. The highest BCUT2D eigenvalue weighted by atomic mass is 16.6. The van der Waals surface area contributed by atoms with Gasteiger partial charge in [0.25, 0.3) is 0 Å². The number of hydrogen-bond acceptors (Lipinski definition) is 5. The lowest BCUT2D eigenvalue weighted by molar-refractivity contribution is 0.151. The van der Waals surface area contributed by atoms with Gasteiger partial charge < -0.3 is 19.2 Å². The number of aromatic nitrogens is 1. The van der Waals surface area contributed by atoms with E-state index in [2.05, 4.69) is 10.3 Å². The molecule has 0 spiro atoms. The van der Waals surface area contributed by atoms with Gasteiger partial charge in [0.15, 0.2) is 0 Å². The molecule has 5 nitrogen and oxygen atoms in total. The third-order valence-corrected chi connectivity index (χ3v) is 3.15. The van der Waals surface area contributed by atoms with Crippen LogP contribution >= 0.6 is 0 Å². The zero-order valence-electron chi connectivity index (χ0n) is 9.85. The summed E-state index contributed by atoms with van der Waals surface area (Å²) in [4.78, 5) is 4.28. The molecule has 1 saturated heterocycles. The summed E-state index contributed by atoms with van der Waals surface area (Å²) in [7, 11) is 0. The van der Waals surface area contributed by atoms with Crippen LogP contribution in [0.2, 0.25) is 0 Å². The molecule has 1 aromatic heterocycles. The van der Waals surface area contributed by atoms with Crippen LogP contribution in [0.1, 0.15) is 25.0 Å². The largest absolute Gasteiger partial charge is 0.450 e. The van der Waals surface area contributed by atoms with Gasteiger partial charge in [-0.15, -0.1) is 0 Å². The van der Waals surface area contributed by atoms with Crippen LogP contribution in [0, 0.1) is 5.92 Å². The second-order valence-electron chi connectivity index (χ2n) is 4.80. The SMILES string of the molecule is c1oc(OCC2CCOC2)nc1CNC1CC1. The van der Waals surface area contributed by atoms with Gasteiger partial charge in [0, 0.05) is 25.1 Å². The predicted molar refractivity (Wildman–Crippen MR) is 60.8 cm³/mol. The summed E-state index contributed by atoms with van der Waals surface area (Å²) in [6, 6.07) is 0.687. The summed E-state index contributed by atoms with van der Waals surface area (Å²) in [5, 5.41) is 3.39. The molecule has 94 valence electrons. The quantitative estimate of drug-likeness (QED) is 0.810. The highest BCUT2D eigenvalue weighted by Crippen LogP contribution is 2.20.